The van der Waals surface area contributed by atoms with Crippen molar-refractivity contribution in [1.29, 1.82) is 0 Å². The summed E-state index contributed by atoms with van der Waals surface area (Å²) in [6.07, 6.45) is 8.28. The fraction of sp³-hybridized carbons (Fsp3) is 0. The van der Waals surface area contributed by atoms with E-state index in [1.54, 1.807) is 59.9 Å². The molecule has 3 heterocycles. The molecule has 1 amide bonds. The summed E-state index contributed by atoms with van der Waals surface area (Å²) in [7, 11) is 0. The van der Waals surface area contributed by atoms with Gasteiger partial charge in [0.1, 0.15) is 5.69 Å². The summed E-state index contributed by atoms with van der Waals surface area (Å²) in [5.41, 5.74) is 1.73. The summed E-state index contributed by atoms with van der Waals surface area (Å²) in [6, 6.07) is 8.80. The molecule has 3 rings (SSSR count). The number of amides is 1. The standard InChI is InChI=1S/C14H11N5O/c20-14(18-11-3-1-5-15-10-11)13-9-12(4-7-16-13)19-8-2-6-17-19/h1-10H,(H,18,20). The highest BCUT2D eigenvalue weighted by Gasteiger charge is 2.09. The maximum absolute atomic E-state index is 12.1. The Morgan fingerprint density at radius 3 is 2.85 bits per heavy atom. The summed E-state index contributed by atoms with van der Waals surface area (Å²) in [5, 5.41) is 6.86. The molecule has 0 unspecified atom stereocenters. The maximum atomic E-state index is 12.1. The van der Waals surface area contributed by atoms with E-state index in [2.05, 4.69) is 20.4 Å². The molecule has 0 aromatic carbocycles. The summed E-state index contributed by atoms with van der Waals surface area (Å²) in [6.45, 7) is 0. The van der Waals surface area contributed by atoms with Gasteiger partial charge in [-0.05, 0) is 30.3 Å². The smallest absolute Gasteiger partial charge is 0.274 e. The third kappa shape index (κ3) is 2.54. The lowest BCUT2D eigenvalue weighted by atomic mass is 10.3. The van der Waals surface area contributed by atoms with Gasteiger partial charge in [0.15, 0.2) is 0 Å². The van der Waals surface area contributed by atoms with Crippen LogP contribution in [0, 0.1) is 0 Å². The first-order valence-corrected chi connectivity index (χ1v) is 6.00. The lowest BCUT2D eigenvalue weighted by molar-refractivity contribution is 0.102. The van der Waals surface area contributed by atoms with E-state index in [4.69, 9.17) is 0 Å². The number of nitrogens with one attached hydrogen (secondary N) is 1. The molecule has 0 aliphatic heterocycles. The second kappa shape index (κ2) is 5.31. The lowest BCUT2D eigenvalue weighted by Gasteiger charge is -2.06. The minimum Gasteiger partial charge on any atom is -0.319 e. The Balaban J connectivity index is 1.84. The van der Waals surface area contributed by atoms with E-state index in [9.17, 15) is 4.79 Å². The molecular formula is C14H11N5O. The van der Waals surface area contributed by atoms with Crippen LogP contribution in [0.2, 0.25) is 0 Å². The largest absolute Gasteiger partial charge is 0.319 e. The van der Waals surface area contributed by atoms with Crippen molar-refractivity contribution in [2.24, 2.45) is 0 Å². The molecule has 0 spiro atoms. The van der Waals surface area contributed by atoms with E-state index >= 15 is 0 Å². The maximum Gasteiger partial charge on any atom is 0.274 e. The highest BCUT2D eigenvalue weighted by Crippen LogP contribution is 2.10. The molecule has 0 atom stereocenters. The highest BCUT2D eigenvalue weighted by atomic mass is 16.1. The predicted octanol–water partition coefficient (Wildman–Crippen LogP) is 1.91. The van der Waals surface area contributed by atoms with Crippen LogP contribution in [0.3, 0.4) is 0 Å². The fourth-order valence-electron chi connectivity index (χ4n) is 1.74. The van der Waals surface area contributed by atoms with Gasteiger partial charge < -0.3 is 5.32 Å². The van der Waals surface area contributed by atoms with Crippen molar-refractivity contribution in [3.8, 4) is 5.69 Å². The molecule has 0 aliphatic rings. The van der Waals surface area contributed by atoms with E-state index < -0.39 is 0 Å². The molecular weight excluding hydrogens is 254 g/mol. The summed E-state index contributed by atoms with van der Waals surface area (Å²) in [5.74, 6) is -0.285. The first kappa shape index (κ1) is 12.0. The average Bonchev–Trinajstić information content (AvgIpc) is 3.03. The van der Waals surface area contributed by atoms with Gasteiger partial charge >= 0.3 is 0 Å². The first-order chi connectivity index (χ1) is 9.83. The Morgan fingerprint density at radius 1 is 1.15 bits per heavy atom. The van der Waals surface area contributed by atoms with Gasteiger partial charge in [-0.25, -0.2) is 4.68 Å². The van der Waals surface area contributed by atoms with Crippen LogP contribution >= 0.6 is 0 Å². The van der Waals surface area contributed by atoms with E-state index in [1.165, 1.54) is 0 Å². The van der Waals surface area contributed by atoms with Gasteiger partial charge in [-0.3, -0.25) is 14.8 Å². The van der Waals surface area contributed by atoms with Crippen molar-refractivity contribution >= 4 is 11.6 Å². The summed E-state index contributed by atoms with van der Waals surface area (Å²) >= 11 is 0. The van der Waals surface area contributed by atoms with Crippen molar-refractivity contribution in [2.75, 3.05) is 5.32 Å². The quantitative estimate of drug-likeness (QED) is 0.785. The molecule has 0 bridgehead atoms. The zero-order chi connectivity index (χ0) is 13.8. The zero-order valence-corrected chi connectivity index (χ0v) is 10.5. The van der Waals surface area contributed by atoms with Crippen LogP contribution in [-0.2, 0) is 0 Å². The first-order valence-electron chi connectivity index (χ1n) is 6.00. The Kier molecular flexibility index (Phi) is 3.20. The van der Waals surface area contributed by atoms with E-state index in [1.807, 2.05) is 6.07 Å². The van der Waals surface area contributed by atoms with Gasteiger partial charge in [0.2, 0.25) is 0 Å². The van der Waals surface area contributed by atoms with E-state index in [0.29, 0.717) is 11.4 Å². The summed E-state index contributed by atoms with van der Waals surface area (Å²) in [4.78, 5) is 20.1. The third-order valence-electron chi connectivity index (χ3n) is 2.66. The average molecular weight is 265 g/mol. The Morgan fingerprint density at radius 2 is 2.10 bits per heavy atom. The van der Waals surface area contributed by atoms with Crippen LogP contribution in [-0.4, -0.2) is 25.7 Å². The topological polar surface area (TPSA) is 72.7 Å². The highest BCUT2D eigenvalue weighted by molar-refractivity contribution is 6.03. The minimum atomic E-state index is -0.285. The number of carbonyl (C=O) groups excluding carboxylic acids is 1. The molecule has 0 saturated carbocycles. The second-order valence-electron chi connectivity index (χ2n) is 4.05. The molecule has 0 radical (unpaired) electrons. The molecule has 6 heteroatoms. The molecule has 1 N–H and O–H groups in total. The molecule has 3 aromatic heterocycles. The monoisotopic (exact) mass is 265 g/mol. The Hall–Kier alpha value is -3.02. The fourth-order valence-corrected chi connectivity index (χ4v) is 1.74. The van der Waals surface area contributed by atoms with Crippen molar-refractivity contribution in [3.63, 3.8) is 0 Å². The summed E-state index contributed by atoms with van der Waals surface area (Å²) < 4.78 is 1.67. The van der Waals surface area contributed by atoms with Crippen molar-refractivity contribution < 1.29 is 4.79 Å². The van der Waals surface area contributed by atoms with Gasteiger partial charge in [0.25, 0.3) is 5.91 Å². The van der Waals surface area contributed by atoms with Gasteiger partial charge in [0, 0.05) is 24.8 Å². The van der Waals surface area contributed by atoms with Crippen LogP contribution in [0.15, 0.2) is 61.3 Å². The normalized spacial score (nSPS) is 10.2. The number of aromatic nitrogens is 4. The van der Waals surface area contributed by atoms with Crippen LogP contribution in [0.1, 0.15) is 10.5 Å². The van der Waals surface area contributed by atoms with Crippen LogP contribution in [0.4, 0.5) is 5.69 Å². The number of pyridine rings is 2. The van der Waals surface area contributed by atoms with Gasteiger partial charge in [0.05, 0.1) is 17.6 Å². The predicted molar refractivity (Wildman–Crippen MR) is 73.5 cm³/mol. The van der Waals surface area contributed by atoms with Crippen molar-refractivity contribution in [3.05, 3.63) is 67.0 Å². The van der Waals surface area contributed by atoms with Crippen LogP contribution < -0.4 is 5.32 Å². The molecule has 0 fully saturated rings. The SMILES string of the molecule is O=C(Nc1cccnc1)c1cc(-n2cccn2)ccn1. The van der Waals surface area contributed by atoms with Crippen molar-refractivity contribution in [1.82, 2.24) is 19.7 Å². The number of rotatable bonds is 3. The van der Waals surface area contributed by atoms with E-state index in [-0.39, 0.29) is 5.91 Å². The lowest BCUT2D eigenvalue weighted by Crippen LogP contribution is -2.14. The Labute approximate surface area is 115 Å². The number of hydrogen-bond donors (Lipinski definition) is 1. The second-order valence-corrected chi connectivity index (χ2v) is 4.05. The van der Waals surface area contributed by atoms with E-state index in [0.717, 1.165) is 5.69 Å². The third-order valence-corrected chi connectivity index (χ3v) is 2.66. The molecule has 0 aliphatic carbocycles. The molecule has 6 nitrogen and oxygen atoms in total. The van der Waals surface area contributed by atoms with Crippen molar-refractivity contribution in [2.45, 2.75) is 0 Å². The zero-order valence-electron chi connectivity index (χ0n) is 10.5. The molecule has 98 valence electrons. The molecule has 3 aromatic rings. The molecule has 20 heavy (non-hydrogen) atoms. The number of nitrogens with zero attached hydrogens (tertiary/aromatic N) is 4. The van der Waals surface area contributed by atoms with Crippen LogP contribution in [0.5, 0.6) is 0 Å². The Bertz CT molecular complexity index is 709. The number of carbonyl (C=O) groups is 1. The number of hydrogen-bond acceptors (Lipinski definition) is 4. The number of anilines is 1. The van der Waals surface area contributed by atoms with Gasteiger partial charge in [-0.1, -0.05) is 0 Å². The minimum absolute atomic E-state index is 0.285. The van der Waals surface area contributed by atoms with Gasteiger partial charge in [-0.2, -0.15) is 5.10 Å². The molecule has 0 saturated heterocycles. The van der Waals surface area contributed by atoms with Gasteiger partial charge in [-0.15, -0.1) is 0 Å². The van der Waals surface area contributed by atoms with Crippen LogP contribution in [0.25, 0.3) is 5.69 Å².